The molecule has 0 saturated heterocycles. The molecule has 11 heavy (non-hydrogen) atoms. The predicted molar refractivity (Wildman–Crippen MR) is 48.9 cm³/mol. The predicted octanol–water partition coefficient (Wildman–Crippen LogP) is 2.06. The summed E-state index contributed by atoms with van der Waals surface area (Å²) in [6.45, 7) is 2.75. The van der Waals surface area contributed by atoms with Gasteiger partial charge in [-0.3, -0.25) is 0 Å². The molecule has 1 aliphatic rings. The van der Waals surface area contributed by atoms with E-state index in [1.165, 1.54) is 19.3 Å². The van der Waals surface area contributed by atoms with Gasteiger partial charge in [-0.1, -0.05) is 6.42 Å². The summed E-state index contributed by atoms with van der Waals surface area (Å²) < 4.78 is 5.45. The lowest BCUT2D eigenvalue weighted by Gasteiger charge is -2.32. The highest BCUT2D eigenvalue weighted by molar-refractivity contribution is 5.85. The number of hydrogen-bond acceptors (Lipinski definition) is 2. The largest absolute Gasteiger partial charge is 0.361 e. The van der Waals surface area contributed by atoms with Crippen LogP contribution in [0, 0.1) is 0 Å². The highest BCUT2D eigenvalue weighted by Gasteiger charge is 2.26. The van der Waals surface area contributed by atoms with Crippen molar-refractivity contribution in [2.75, 3.05) is 6.61 Å². The minimum Gasteiger partial charge on any atom is -0.361 e. The van der Waals surface area contributed by atoms with Crippen LogP contribution >= 0.6 is 12.4 Å². The quantitative estimate of drug-likeness (QED) is 0.659. The summed E-state index contributed by atoms with van der Waals surface area (Å²) in [4.78, 5) is 0. The fourth-order valence-corrected chi connectivity index (χ4v) is 1.58. The van der Waals surface area contributed by atoms with Gasteiger partial charge in [0.2, 0.25) is 0 Å². The summed E-state index contributed by atoms with van der Waals surface area (Å²) in [6, 6.07) is 0. The van der Waals surface area contributed by atoms with E-state index in [1.54, 1.807) is 0 Å². The van der Waals surface area contributed by atoms with Crippen LogP contribution in [0.5, 0.6) is 0 Å². The molecular weight excluding hydrogens is 162 g/mol. The highest BCUT2D eigenvalue weighted by atomic mass is 35.5. The fourth-order valence-electron chi connectivity index (χ4n) is 1.58. The Labute approximate surface area is 74.9 Å². The molecule has 68 valence electrons. The fraction of sp³-hybridized carbons (Fsp3) is 1.00. The lowest BCUT2D eigenvalue weighted by Crippen LogP contribution is -2.44. The number of ether oxygens (including phenoxy) is 1. The molecule has 1 rings (SSSR count). The van der Waals surface area contributed by atoms with Crippen molar-refractivity contribution in [3.8, 4) is 0 Å². The molecule has 3 heteroatoms. The smallest absolute Gasteiger partial charge is 0.116 e. The molecule has 2 nitrogen and oxygen atoms in total. The molecule has 0 amide bonds. The van der Waals surface area contributed by atoms with E-state index in [0.29, 0.717) is 0 Å². The van der Waals surface area contributed by atoms with Crippen LogP contribution in [0.2, 0.25) is 0 Å². The molecule has 0 atom stereocenters. The zero-order valence-electron chi connectivity index (χ0n) is 7.14. The lowest BCUT2D eigenvalue weighted by molar-refractivity contribution is -0.0598. The number of nitrogens with two attached hydrogens (primary N) is 1. The summed E-state index contributed by atoms with van der Waals surface area (Å²) >= 11 is 0. The van der Waals surface area contributed by atoms with Crippen molar-refractivity contribution in [3.63, 3.8) is 0 Å². The van der Waals surface area contributed by atoms with E-state index in [9.17, 15) is 0 Å². The average molecular weight is 180 g/mol. The van der Waals surface area contributed by atoms with E-state index in [-0.39, 0.29) is 18.1 Å². The van der Waals surface area contributed by atoms with Crippen LogP contribution in [-0.2, 0) is 4.74 Å². The first-order valence-electron chi connectivity index (χ1n) is 4.20. The maximum atomic E-state index is 5.95. The van der Waals surface area contributed by atoms with Crippen molar-refractivity contribution in [3.05, 3.63) is 0 Å². The second-order valence-electron chi connectivity index (χ2n) is 3.06. The standard InChI is InChI=1S/C8H17NO.ClH/c1-2-10-8(9)6-4-3-5-7-8;/h2-7,9H2,1H3;1H. The number of halogens is 1. The molecule has 0 unspecified atom stereocenters. The molecule has 0 aromatic heterocycles. The first-order chi connectivity index (χ1) is 4.77. The van der Waals surface area contributed by atoms with Gasteiger partial charge in [0.05, 0.1) is 0 Å². The molecule has 0 aliphatic heterocycles. The Balaban J connectivity index is 0.000001000. The second kappa shape index (κ2) is 4.96. The Bertz CT molecular complexity index is 96.8. The van der Waals surface area contributed by atoms with E-state index < -0.39 is 0 Å². The summed E-state index contributed by atoms with van der Waals surface area (Å²) in [5.74, 6) is 0. The molecule has 1 aliphatic carbocycles. The van der Waals surface area contributed by atoms with E-state index in [1.807, 2.05) is 6.92 Å². The van der Waals surface area contributed by atoms with E-state index in [0.717, 1.165) is 19.4 Å². The van der Waals surface area contributed by atoms with Crippen molar-refractivity contribution >= 4 is 12.4 Å². The minimum atomic E-state index is -0.271. The Morgan fingerprint density at radius 3 is 2.27 bits per heavy atom. The van der Waals surface area contributed by atoms with Crippen LogP contribution in [-0.4, -0.2) is 12.3 Å². The van der Waals surface area contributed by atoms with Gasteiger partial charge in [0.1, 0.15) is 5.72 Å². The normalized spacial score (nSPS) is 22.4. The Morgan fingerprint density at radius 2 is 1.82 bits per heavy atom. The topological polar surface area (TPSA) is 35.2 Å². The molecule has 1 saturated carbocycles. The van der Waals surface area contributed by atoms with Gasteiger partial charge in [-0.25, -0.2) is 0 Å². The van der Waals surface area contributed by atoms with Crippen LogP contribution in [0.3, 0.4) is 0 Å². The van der Waals surface area contributed by atoms with Gasteiger partial charge >= 0.3 is 0 Å². The summed E-state index contributed by atoms with van der Waals surface area (Å²) in [5.41, 5.74) is 5.68. The van der Waals surface area contributed by atoms with Crippen molar-refractivity contribution < 1.29 is 4.74 Å². The molecule has 2 N–H and O–H groups in total. The highest BCUT2D eigenvalue weighted by Crippen LogP contribution is 2.26. The van der Waals surface area contributed by atoms with Gasteiger partial charge in [-0.05, 0) is 32.6 Å². The molecule has 0 heterocycles. The molecule has 0 bridgehead atoms. The third-order valence-electron chi connectivity index (χ3n) is 2.13. The van der Waals surface area contributed by atoms with E-state index in [2.05, 4.69) is 0 Å². The van der Waals surface area contributed by atoms with Crippen LogP contribution in [0.4, 0.5) is 0 Å². The monoisotopic (exact) mass is 179 g/mol. The molecule has 0 radical (unpaired) electrons. The zero-order chi connectivity index (χ0) is 7.45. The summed E-state index contributed by atoms with van der Waals surface area (Å²) in [5, 5.41) is 0. The third kappa shape index (κ3) is 3.41. The van der Waals surface area contributed by atoms with Gasteiger partial charge in [0.25, 0.3) is 0 Å². The van der Waals surface area contributed by atoms with Crippen molar-refractivity contribution in [1.82, 2.24) is 0 Å². The van der Waals surface area contributed by atoms with Gasteiger partial charge < -0.3 is 10.5 Å². The van der Waals surface area contributed by atoms with Gasteiger partial charge in [0.15, 0.2) is 0 Å². The first kappa shape index (κ1) is 11.2. The van der Waals surface area contributed by atoms with Crippen LogP contribution in [0.1, 0.15) is 39.0 Å². The van der Waals surface area contributed by atoms with E-state index >= 15 is 0 Å². The third-order valence-corrected chi connectivity index (χ3v) is 2.13. The van der Waals surface area contributed by atoms with Crippen LogP contribution in [0.25, 0.3) is 0 Å². The Kier molecular flexibility index (Phi) is 5.06. The minimum absolute atomic E-state index is 0. The van der Waals surface area contributed by atoms with Crippen molar-refractivity contribution in [2.45, 2.75) is 44.8 Å². The molecule has 1 fully saturated rings. The van der Waals surface area contributed by atoms with Gasteiger partial charge in [-0.15, -0.1) is 12.4 Å². The number of rotatable bonds is 2. The van der Waals surface area contributed by atoms with Crippen LogP contribution in [0.15, 0.2) is 0 Å². The lowest BCUT2D eigenvalue weighted by atomic mass is 9.92. The van der Waals surface area contributed by atoms with Crippen molar-refractivity contribution in [2.24, 2.45) is 5.73 Å². The van der Waals surface area contributed by atoms with Gasteiger partial charge in [-0.2, -0.15) is 0 Å². The summed E-state index contributed by atoms with van der Waals surface area (Å²) in [7, 11) is 0. The first-order valence-corrected chi connectivity index (χ1v) is 4.20. The van der Waals surface area contributed by atoms with E-state index in [4.69, 9.17) is 10.5 Å². The molecule has 0 aromatic rings. The average Bonchev–Trinajstić information content (AvgIpc) is 1.89. The maximum absolute atomic E-state index is 5.95. The van der Waals surface area contributed by atoms with Gasteiger partial charge in [0, 0.05) is 6.61 Å². The summed E-state index contributed by atoms with van der Waals surface area (Å²) in [6.07, 6.45) is 5.88. The van der Waals surface area contributed by atoms with Crippen molar-refractivity contribution in [1.29, 1.82) is 0 Å². The Hall–Kier alpha value is 0.210. The molecule has 0 aromatic carbocycles. The maximum Gasteiger partial charge on any atom is 0.116 e. The SMILES string of the molecule is CCOC1(N)CCCCC1.Cl. The second-order valence-corrected chi connectivity index (χ2v) is 3.06. The van der Waals surface area contributed by atoms with Crippen LogP contribution < -0.4 is 5.73 Å². The zero-order valence-corrected chi connectivity index (χ0v) is 7.95. The molecular formula is C8H18ClNO. The Morgan fingerprint density at radius 1 is 1.27 bits per heavy atom. The number of hydrogen-bond donors (Lipinski definition) is 1. The molecule has 0 spiro atoms.